The number of carbonyl (C=O) groups is 3. The standard InChI is InChI=1S/C9H14N2O5/c1-4-15-8(13)7(9(14)16-5-2)11-10-6(3)12/h7H,4-5H2,1-3H3. The summed E-state index contributed by atoms with van der Waals surface area (Å²) in [7, 11) is 0. The maximum Gasteiger partial charge on any atom is 0.344 e. The summed E-state index contributed by atoms with van der Waals surface area (Å²) in [6.45, 7) is 4.52. The second-order valence-electron chi connectivity index (χ2n) is 2.64. The van der Waals surface area contributed by atoms with Crippen LogP contribution < -0.4 is 0 Å². The minimum atomic E-state index is -1.52. The fourth-order valence-corrected chi connectivity index (χ4v) is 0.772. The number of ether oxygens (including phenoxy) is 2. The topological polar surface area (TPSA) is 94.4 Å². The smallest absolute Gasteiger partial charge is 0.344 e. The molecule has 90 valence electrons. The Morgan fingerprint density at radius 3 is 1.81 bits per heavy atom. The van der Waals surface area contributed by atoms with Gasteiger partial charge >= 0.3 is 11.9 Å². The predicted octanol–water partition coefficient (Wildman–Crippen LogP) is 0.480. The van der Waals surface area contributed by atoms with Gasteiger partial charge in [-0.15, -0.1) is 5.11 Å². The molecule has 0 radical (unpaired) electrons. The van der Waals surface area contributed by atoms with Crippen molar-refractivity contribution in [2.75, 3.05) is 13.2 Å². The van der Waals surface area contributed by atoms with Crippen molar-refractivity contribution in [3.8, 4) is 0 Å². The molecule has 0 aromatic carbocycles. The highest BCUT2D eigenvalue weighted by Gasteiger charge is 2.29. The van der Waals surface area contributed by atoms with E-state index in [1.807, 2.05) is 0 Å². The molecule has 7 heteroatoms. The molecular weight excluding hydrogens is 216 g/mol. The molecule has 0 bridgehead atoms. The van der Waals surface area contributed by atoms with E-state index >= 15 is 0 Å². The van der Waals surface area contributed by atoms with E-state index in [0.29, 0.717) is 0 Å². The van der Waals surface area contributed by atoms with E-state index in [-0.39, 0.29) is 13.2 Å². The Labute approximate surface area is 92.8 Å². The monoisotopic (exact) mass is 230 g/mol. The Kier molecular flexibility index (Phi) is 6.66. The van der Waals surface area contributed by atoms with Gasteiger partial charge in [0.15, 0.2) is 0 Å². The van der Waals surface area contributed by atoms with Crippen LogP contribution in [0.5, 0.6) is 0 Å². The number of amides is 1. The molecule has 0 rings (SSSR count). The second-order valence-corrected chi connectivity index (χ2v) is 2.64. The maximum absolute atomic E-state index is 11.3. The van der Waals surface area contributed by atoms with E-state index in [0.717, 1.165) is 6.92 Å². The van der Waals surface area contributed by atoms with Crippen molar-refractivity contribution in [2.24, 2.45) is 10.2 Å². The largest absolute Gasteiger partial charge is 0.464 e. The van der Waals surface area contributed by atoms with Gasteiger partial charge in [0.2, 0.25) is 0 Å². The minimum absolute atomic E-state index is 0.102. The summed E-state index contributed by atoms with van der Waals surface area (Å²) in [6, 6.07) is -1.52. The molecule has 0 heterocycles. The van der Waals surface area contributed by atoms with Crippen LogP contribution in [-0.2, 0) is 23.9 Å². The predicted molar refractivity (Wildman–Crippen MR) is 52.6 cm³/mol. The van der Waals surface area contributed by atoms with E-state index in [4.69, 9.17) is 0 Å². The number of hydrogen-bond donors (Lipinski definition) is 0. The quantitative estimate of drug-likeness (QED) is 0.389. The first-order valence-corrected chi connectivity index (χ1v) is 4.77. The third-order valence-electron chi connectivity index (χ3n) is 1.33. The maximum atomic E-state index is 11.3. The van der Waals surface area contributed by atoms with Crippen LogP contribution in [0.1, 0.15) is 20.8 Å². The third-order valence-corrected chi connectivity index (χ3v) is 1.33. The number of azo groups is 1. The summed E-state index contributed by atoms with van der Waals surface area (Å²) in [5.41, 5.74) is 0. The van der Waals surface area contributed by atoms with Crippen LogP contribution in [0.15, 0.2) is 10.2 Å². The summed E-state index contributed by atoms with van der Waals surface area (Å²) in [6.07, 6.45) is 0. The lowest BCUT2D eigenvalue weighted by molar-refractivity contribution is -0.156. The molecule has 0 atom stereocenters. The fraction of sp³-hybridized carbons (Fsp3) is 0.667. The summed E-state index contributed by atoms with van der Waals surface area (Å²) in [5.74, 6) is -2.38. The molecule has 16 heavy (non-hydrogen) atoms. The zero-order valence-corrected chi connectivity index (χ0v) is 9.43. The molecule has 0 saturated carbocycles. The molecular formula is C9H14N2O5. The summed E-state index contributed by atoms with van der Waals surface area (Å²) >= 11 is 0. The van der Waals surface area contributed by atoms with Crippen molar-refractivity contribution in [3.63, 3.8) is 0 Å². The van der Waals surface area contributed by atoms with Crippen LogP contribution in [0, 0.1) is 0 Å². The van der Waals surface area contributed by atoms with Gasteiger partial charge in [0.05, 0.1) is 13.2 Å². The molecule has 1 amide bonds. The Morgan fingerprint density at radius 2 is 1.50 bits per heavy atom. The molecule has 0 aromatic rings. The Bertz CT molecular complexity index is 282. The van der Waals surface area contributed by atoms with Crippen molar-refractivity contribution in [3.05, 3.63) is 0 Å². The Balaban J connectivity index is 4.68. The number of nitrogens with zero attached hydrogens (tertiary/aromatic N) is 2. The lowest BCUT2D eigenvalue weighted by atomic mass is 10.3. The van der Waals surface area contributed by atoms with Crippen molar-refractivity contribution >= 4 is 17.8 Å². The summed E-state index contributed by atoms with van der Waals surface area (Å²) in [5, 5.41) is 6.40. The molecule has 0 unspecified atom stereocenters. The normalized spacial score (nSPS) is 10.5. The first kappa shape index (κ1) is 14.2. The average Bonchev–Trinajstić information content (AvgIpc) is 2.18. The number of hydrogen-bond acceptors (Lipinski definition) is 6. The lowest BCUT2D eigenvalue weighted by Gasteiger charge is -2.08. The van der Waals surface area contributed by atoms with Gasteiger partial charge in [0.25, 0.3) is 11.9 Å². The van der Waals surface area contributed by atoms with Gasteiger partial charge < -0.3 is 9.47 Å². The van der Waals surface area contributed by atoms with Crippen LogP contribution >= 0.6 is 0 Å². The van der Waals surface area contributed by atoms with Gasteiger partial charge in [-0.05, 0) is 13.8 Å². The van der Waals surface area contributed by atoms with E-state index in [9.17, 15) is 14.4 Å². The zero-order valence-electron chi connectivity index (χ0n) is 9.43. The second kappa shape index (κ2) is 7.49. The number of rotatable bonds is 5. The molecule has 0 saturated heterocycles. The van der Waals surface area contributed by atoms with Gasteiger partial charge in [-0.25, -0.2) is 9.59 Å². The highest BCUT2D eigenvalue weighted by molar-refractivity contribution is 5.99. The van der Waals surface area contributed by atoms with Gasteiger partial charge in [-0.2, -0.15) is 5.11 Å². The summed E-state index contributed by atoms with van der Waals surface area (Å²) < 4.78 is 9.20. The average molecular weight is 230 g/mol. The molecule has 0 aliphatic carbocycles. The molecule has 0 aliphatic heterocycles. The zero-order chi connectivity index (χ0) is 12.6. The molecule has 0 aromatic heterocycles. The van der Waals surface area contributed by atoms with E-state index < -0.39 is 23.9 Å². The SMILES string of the molecule is CCOC(=O)C(N=NC(C)=O)C(=O)OCC. The minimum Gasteiger partial charge on any atom is -0.464 e. The van der Waals surface area contributed by atoms with Crippen LogP contribution in [0.4, 0.5) is 0 Å². The Hall–Kier alpha value is -1.79. The number of esters is 2. The molecule has 0 spiro atoms. The van der Waals surface area contributed by atoms with E-state index in [1.54, 1.807) is 13.8 Å². The highest BCUT2D eigenvalue weighted by Crippen LogP contribution is 2.00. The van der Waals surface area contributed by atoms with Gasteiger partial charge in [-0.1, -0.05) is 0 Å². The van der Waals surface area contributed by atoms with Crippen molar-refractivity contribution in [1.82, 2.24) is 0 Å². The molecule has 0 aliphatic rings. The highest BCUT2D eigenvalue weighted by atomic mass is 16.6. The van der Waals surface area contributed by atoms with Crippen LogP contribution in [0.2, 0.25) is 0 Å². The van der Waals surface area contributed by atoms with Crippen molar-refractivity contribution in [1.29, 1.82) is 0 Å². The van der Waals surface area contributed by atoms with Gasteiger partial charge in [0.1, 0.15) is 0 Å². The fourth-order valence-electron chi connectivity index (χ4n) is 0.772. The summed E-state index contributed by atoms with van der Waals surface area (Å²) in [4.78, 5) is 33.1. The van der Waals surface area contributed by atoms with Crippen molar-refractivity contribution in [2.45, 2.75) is 26.8 Å². The van der Waals surface area contributed by atoms with Crippen LogP contribution in [0.25, 0.3) is 0 Å². The van der Waals surface area contributed by atoms with Gasteiger partial charge in [0, 0.05) is 6.92 Å². The Morgan fingerprint density at radius 1 is 1.06 bits per heavy atom. The lowest BCUT2D eigenvalue weighted by Crippen LogP contribution is -2.31. The first-order chi connectivity index (χ1) is 7.52. The third kappa shape index (κ3) is 5.18. The molecule has 0 fully saturated rings. The van der Waals surface area contributed by atoms with E-state index in [2.05, 4.69) is 19.7 Å². The van der Waals surface area contributed by atoms with E-state index in [1.165, 1.54) is 0 Å². The first-order valence-electron chi connectivity index (χ1n) is 4.77. The molecule has 7 nitrogen and oxygen atoms in total. The van der Waals surface area contributed by atoms with Crippen LogP contribution in [0.3, 0.4) is 0 Å². The van der Waals surface area contributed by atoms with Crippen LogP contribution in [-0.4, -0.2) is 37.1 Å². The van der Waals surface area contributed by atoms with Crippen molar-refractivity contribution < 1.29 is 23.9 Å². The van der Waals surface area contributed by atoms with Gasteiger partial charge in [-0.3, -0.25) is 4.79 Å². The molecule has 0 N–H and O–H groups in total. The number of carbonyl (C=O) groups excluding carboxylic acids is 3.